The standard InChI is InChI=1S/C12H17ClN2/c1-9-6-10(2-3-12(9)13)7-15-5-4-11(14)8-15/h2-3,6,11H,4-5,7-8,14H2,1H3/t11-/m1/s1. The second kappa shape index (κ2) is 4.52. The maximum atomic E-state index is 5.99. The Kier molecular flexibility index (Phi) is 3.29. The maximum absolute atomic E-state index is 5.99. The smallest absolute Gasteiger partial charge is 0.0435 e. The number of hydrogen-bond acceptors (Lipinski definition) is 2. The van der Waals surface area contributed by atoms with E-state index < -0.39 is 0 Å². The Morgan fingerprint density at radius 1 is 1.53 bits per heavy atom. The van der Waals surface area contributed by atoms with Gasteiger partial charge in [0.25, 0.3) is 0 Å². The number of halogens is 1. The zero-order valence-corrected chi connectivity index (χ0v) is 9.80. The fourth-order valence-corrected chi connectivity index (χ4v) is 2.19. The van der Waals surface area contributed by atoms with Gasteiger partial charge in [-0.1, -0.05) is 23.7 Å². The molecule has 1 aromatic rings. The van der Waals surface area contributed by atoms with Crippen LogP contribution in [0.3, 0.4) is 0 Å². The summed E-state index contributed by atoms with van der Waals surface area (Å²) in [5.74, 6) is 0. The third-order valence-corrected chi connectivity index (χ3v) is 3.36. The second-order valence-corrected chi connectivity index (χ2v) is 4.77. The highest BCUT2D eigenvalue weighted by Crippen LogP contribution is 2.18. The number of nitrogens with zero attached hydrogens (tertiary/aromatic N) is 1. The lowest BCUT2D eigenvalue weighted by Gasteiger charge is -2.15. The van der Waals surface area contributed by atoms with Crippen LogP contribution in [0.1, 0.15) is 17.5 Å². The van der Waals surface area contributed by atoms with Gasteiger partial charge in [-0.2, -0.15) is 0 Å². The molecule has 82 valence electrons. The highest BCUT2D eigenvalue weighted by molar-refractivity contribution is 6.31. The number of aryl methyl sites for hydroxylation is 1. The third-order valence-electron chi connectivity index (χ3n) is 2.94. The lowest BCUT2D eigenvalue weighted by Crippen LogP contribution is -2.26. The van der Waals surface area contributed by atoms with E-state index in [1.54, 1.807) is 0 Å². The zero-order valence-electron chi connectivity index (χ0n) is 9.04. The van der Waals surface area contributed by atoms with Crippen LogP contribution in [0, 0.1) is 6.92 Å². The highest BCUT2D eigenvalue weighted by Gasteiger charge is 2.18. The van der Waals surface area contributed by atoms with Crippen LogP contribution >= 0.6 is 11.6 Å². The molecule has 0 radical (unpaired) electrons. The van der Waals surface area contributed by atoms with Gasteiger partial charge in [0.15, 0.2) is 0 Å². The van der Waals surface area contributed by atoms with Crippen LogP contribution in [-0.2, 0) is 6.54 Å². The summed E-state index contributed by atoms with van der Waals surface area (Å²) >= 11 is 5.99. The van der Waals surface area contributed by atoms with Crippen molar-refractivity contribution in [2.75, 3.05) is 13.1 Å². The summed E-state index contributed by atoms with van der Waals surface area (Å²) in [4.78, 5) is 2.40. The number of rotatable bonds is 2. The largest absolute Gasteiger partial charge is 0.326 e. The molecule has 1 fully saturated rings. The SMILES string of the molecule is Cc1cc(CN2CC[C@@H](N)C2)ccc1Cl. The van der Waals surface area contributed by atoms with Crippen LogP contribution in [0.5, 0.6) is 0 Å². The van der Waals surface area contributed by atoms with Gasteiger partial charge < -0.3 is 5.73 Å². The summed E-state index contributed by atoms with van der Waals surface area (Å²) < 4.78 is 0. The monoisotopic (exact) mass is 224 g/mol. The molecule has 1 saturated heterocycles. The average Bonchev–Trinajstić information content (AvgIpc) is 2.58. The molecule has 0 amide bonds. The predicted octanol–water partition coefficient (Wildman–Crippen LogP) is 2.18. The lowest BCUT2D eigenvalue weighted by molar-refractivity contribution is 0.327. The molecule has 0 saturated carbocycles. The molecule has 0 aromatic heterocycles. The Morgan fingerprint density at radius 2 is 2.33 bits per heavy atom. The zero-order chi connectivity index (χ0) is 10.8. The van der Waals surface area contributed by atoms with Crippen molar-refractivity contribution >= 4 is 11.6 Å². The van der Waals surface area contributed by atoms with Crippen LogP contribution in [0.15, 0.2) is 18.2 Å². The molecule has 0 aliphatic carbocycles. The molecule has 0 unspecified atom stereocenters. The molecule has 2 nitrogen and oxygen atoms in total. The molecular formula is C12H17ClN2. The number of likely N-dealkylation sites (tertiary alicyclic amines) is 1. The molecule has 1 heterocycles. The molecule has 1 aromatic carbocycles. The van der Waals surface area contributed by atoms with Crippen molar-refractivity contribution < 1.29 is 0 Å². The summed E-state index contributed by atoms with van der Waals surface area (Å²) in [5.41, 5.74) is 8.35. The summed E-state index contributed by atoms with van der Waals surface area (Å²) in [6, 6.07) is 6.59. The topological polar surface area (TPSA) is 29.3 Å². The van der Waals surface area contributed by atoms with Crippen molar-refractivity contribution in [3.8, 4) is 0 Å². The predicted molar refractivity (Wildman–Crippen MR) is 64.1 cm³/mol. The molecular weight excluding hydrogens is 208 g/mol. The Morgan fingerprint density at radius 3 is 2.93 bits per heavy atom. The van der Waals surface area contributed by atoms with E-state index in [2.05, 4.69) is 17.0 Å². The molecule has 3 heteroatoms. The number of nitrogens with two attached hydrogens (primary N) is 1. The quantitative estimate of drug-likeness (QED) is 0.835. The first-order valence-corrected chi connectivity index (χ1v) is 5.76. The molecule has 15 heavy (non-hydrogen) atoms. The summed E-state index contributed by atoms with van der Waals surface area (Å²) in [6.45, 7) is 5.16. The van der Waals surface area contributed by atoms with Crippen LogP contribution in [0.4, 0.5) is 0 Å². The van der Waals surface area contributed by atoms with Crippen molar-refractivity contribution in [3.63, 3.8) is 0 Å². The van der Waals surface area contributed by atoms with E-state index in [0.717, 1.165) is 36.6 Å². The normalized spacial score (nSPS) is 22.2. The first kappa shape index (κ1) is 10.9. The van der Waals surface area contributed by atoms with Crippen molar-refractivity contribution in [1.82, 2.24) is 4.90 Å². The van der Waals surface area contributed by atoms with Crippen molar-refractivity contribution in [3.05, 3.63) is 34.3 Å². The molecule has 1 aliphatic rings. The molecule has 0 bridgehead atoms. The van der Waals surface area contributed by atoms with Gasteiger partial charge in [0.2, 0.25) is 0 Å². The fourth-order valence-electron chi connectivity index (χ4n) is 2.07. The van der Waals surface area contributed by atoms with E-state index in [-0.39, 0.29) is 0 Å². The molecule has 2 rings (SSSR count). The van der Waals surface area contributed by atoms with Gasteiger partial charge in [0, 0.05) is 30.7 Å². The summed E-state index contributed by atoms with van der Waals surface area (Å²) in [5, 5.41) is 0.844. The van der Waals surface area contributed by atoms with Gasteiger partial charge in [-0.3, -0.25) is 4.90 Å². The first-order valence-electron chi connectivity index (χ1n) is 5.38. The Labute approximate surface area is 96.0 Å². The average molecular weight is 225 g/mol. The van der Waals surface area contributed by atoms with Crippen LogP contribution in [0.2, 0.25) is 5.02 Å². The van der Waals surface area contributed by atoms with Gasteiger partial charge in [0.05, 0.1) is 0 Å². The van der Waals surface area contributed by atoms with Crippen LogP contribution in [0.25, 0.3) is 0 Å². The minimum Gasteiger partial charge on any atom is -0.326 e. The van der Waals surface area contributed by atoms with E-state index in [4.69, 9.17) is 17.3 Å². The fraction of sp³-hybridized carbons (Fsp3) is 0.500. The van der Waals surface area contributed by atoms with Gasteiger partial charge in [0.1, 0.15) is 0 Å². The van der Waals surface area contributed by atoms with Crippen molar-refractivity contribution in [2.45, 2.75) is 25.9 Å². The molecule has 2 N–H and O–H groups in total. The van der Waals surface area contributed by atoms with Gasteiger partial charge in [-0.05, 0) is 30.5 Å². The molecule has 1 aliphatic heterocycles. The lowest BCUT2D eigenvalue weighted by atomic mass is 10.1. The van der Waals surface area contributed by atoms with Gasteiger partial charge >= 0.3 is 0 Å². The van der Waals surface area contributed by atoms with E-state index in [0.29, 0.717) is 6.04 Å². The number of hydrogen-bond donors (Lipinski definition) is 1. The summed E-state index contributed by atoms with van der Waals surface area (Å²) in [6.07, 6.45) is 1.12. The van der Waals surface area contributed by atoms with Gasteiger partial charge in [-0.25, -0.2) is 0 Å². The third kappa shape index (κ3) is 2.71. The Balaban J connectivity index is 2.02. The first-order chi connectivity index (χ1) is 7.15. The van der Waals surface area contributed by atoms with E-state index >= 15 is 0 Å². The maximum Gasteiger partial charge on any atom is 0.0435 e. The highest BCUT2D eigenvalue weighted by atomic mass is 35.5. The van der Waals surface area contributed by atoms with E-state index in [1.807, 2.05) is 13.0 Å². The summed E-state index contributed by atoms with van der Waals surface area (Å²) in [7, 11) is 0. The van der Waals surface area contributed by atoms with E-state index in [9.17, 15) is 0 Å². The minimum atomic E-state index is 0.360. The second-order valence-electron chi connectivity index (χ2n) is 4.37. The minimum absolute atomic E-state index is 0.360. The van der Waals surface area contributed by atoms with Gasteiger partial charge in [-0.15, -0.1) is 0 Å². The van der Waals surface area contributed by atoms with Crippen molar-refractivity contribution in [2.24, 2.45) is 5.73 Å². The molecule has 0 spiro atoms. The van der Waals surface area contributed by atoms with Crippen LogP contribution < -0.4 is 5.73 Å². The number of benzene rings is 1. The Hall–Kier alpha value is -0.570. The Bertz CT molecular complexity index is 351. The molecule has 1 atom stereocenters. The van der Waals surface area contributed by atoms with Crippen LogP contribution in [-0.4, -0.2) is 24.0 Å². The van der Waals surface area contributed by atoms with E-state index in [1.165, 1.54) is 5.56 Å². The van der Waals surface area contributed by atoms with Crippen molar-refractivity contribution in [1.29, 1.82) is 0 Å².